The molecule has 3 heteroatoms. The number of rotatable bonds is 4. The normalized spacial score (nSPS) is 18.5. The van der Waals surface area contributed by atoms with Crippen molar-refractivity contribution in [2.75, 3.05) is 5.75 Å². The maximum atomic E-state index is 10.5. The van der Waals surface area contributed by atoms with Gasteiger partial charge in [-0.2, -0.15) is 11.8 Å². The molecular weight excluding hydrogens is 184 g/mol. The summed E-state index contributed by atoms with van der Waals surface area (Å²) in [6.07, 6.45) is 6.44. The molecule has 0 amide bonds. The largest absolute Gasteiger partial charge is 0.478 e. The lowest BCUT2D eigenvalue weighted by Crippen LogP contribution is -2.11. The molecule has 1 aliphatic rings. The minimum atomic E-state index is -0.858. The van der Waals surface area contributed by atoms with Crippen molar-refractivity contribution in [2.45, 2.75) is 37.4 Å². The van der Waals surface area contributed by atoms with E-state index >= 15 is 0 Å². The van der Waals surface area contributed by atoms with Crippen molar-refractivity contribution in [3.8, 4) is 0 Å². The van der Waals surface area contributed by atoms with Crippen molar-refractivity contribution in [3.05, 3.63) is 12.2 Å². The van der Waals surface area contributed by atoms with Crippen molar-refractivity contribution in [1.82, 2.24) is 0 Å². The van der Waals surface area contributed by atoms with Crippen molar-refractivity contribution in [2.24, 2.45) is 0 Å². The van der Waals surface area contributed by atoms with Crippen LogP contribution in [0, 0.1) is 0 Å². The van der Waals surface area contributed by atoms with Crippen molar-refractivity contribution in [3.63, 3.8) is 0 Å². The van der Waals surface area contributed by atoms with E-state index in [0.29, 0.717) is 16.6 Å². The second-order valence-corrected chi connectivity index (χ2v) is 4.77. The van der Waals surface area contributed by atoms with Crippen molar-refractivity contribution >= 4 is 17.7 Å². The zero-order valence-corrected chi connectivity index (χ0v) is 8.61. The summed E-state index contributed by atoms with van der Waals surface area (Å²) < 4.78 is 0. The third-order valence-electron chi connectivity index (χ3n) is 2.35. The van der Waals surface area contributed by atoms with Crippen LogP contribution < -0.4 is 0 Å². The first-order valence-electron chi connectivity index (χ1n) is 4.73. The van der Waals surface area contributed by atoms with E-state index < -0.39 is 5.97 Å². The van der Waals surface area contributed by atoms with E-state index in [2.05, 4.69) is 6.58 Å². The highest BCUT2D eigenvalue weighted by molar-refractivity contribution is 8.00. The third kappa shape index (κ3) is 3.85. The van der Waals surface area contributed by atoms with Crippen LogP contribution in [0.1, 0.15) is 32.1 Å². The van der Waals surface area contributed by atoms with Gasteiger partial charge in [0.2, 0.25) is 0 Å². The van der Waals surface area contributed by atoms with Crippen LogP contribution in [0.2, 0.25) is 0 Å². The van der Waals surface area contributed by atoms with Gasteiger partial charge in [0.1, 0.15) is 0 Å². The Morgan fingerprint density at radius 3 is 2.54 bits per heavy atom. The summed E-state index contributed by atoms with van der Waals surface area (Å²) in [5.41, 5.74) is 0.329. The standard InChI is InChI=1S/C10H16O2S/c1-8(10(11)12)7-13-9-5-3-2-4-6-9/h9H,1-7H2,(H,11,12). The summed E-state index contributed by atoms with van der Waals surface area (Å²) in [6.45, 7) is 3.52. The molecule has 1 saturated carbocycles. The Morgan fingerprint density at radius 1 is 1.38 bits per heavy atom. The molecule has 2 nitrogen and oxygen atoms in total. The third-order valence-corrected chi connectivity index (χ3v) is 3.81. The van der Waals surface area contributed by atoms with Gasteiger partial charge < -0.3 is 5.11 Å². The van der Waals surface area contributed by atoms with E-state index in [4.69, 9.17) is 5.11 Å². The molecule has 74 valence electrons. The number of hydrogen-bond donors (Lipinski definition) is 1. The molecule has 0 aromatic heterocycles. The smallest absolute Gasteiger partial charge is 0.331 e. The molecule has 0 aromatic rings. The van der Waals surface area contributed by atoms with Crippen molar-refractivity contribution in [1.29, 1.82) is 0 Å². The second kappa shape index (κ2) is 5.32. The van der Waals surface area contributed by atoms with Gasteiger partial charge >= 0.3 is 5.97 Å². The molecule has 0 atom stereocenters. The number of carboxylic acid groups (broad SMARTS) is 1. The topological polar surface area (TPSA) is 37.3 Å². The number of carboxylic acids is 1. The van der Waals surface area contributed by atoms with E-state index in [1.54, 1.807) is 11.8 Å². The second-order valence-electron chi connectivity index (χ2n) is 3.48. The van der Waals surface area contributed by atoms with Crippen LogP contribution >= 0.6 is 11.8 Å². The fourth-order valence-corrected chi connectivity index (χ4v) is 2.74. The first kappa shape index (κ1) is 10.6. The van der Waals surface area contributed by atoms with Gasteiger partial charge in [0.15, 0.2) is 0 Å². The van der Waals surface area contributed by atoms with Gasteiger partial charge in [-0.15, -0.1) is 0 Å². The Morgan fingerprint density at radius 2 is 2.00 bits per heavy atom. The fourth-order valence-electron chi connectivity index (χ4n) is 1.51. The summed E-state index contributed by atoms with van der Waals surface area (Å²) >= 11 is 1.75. The first-order valence-corrected chi connectivity index (χ1v) is 5.77. The molecular formula is C10H16O2S. The molecule has 1 fully saturated rings. The van der Waals surface area contributed by atoms with Gasteiger partial charge in [-0.05, 0) is 12.8 Å². The van der Waals surface area contributed by atoms with Crippen LogP contribution in [0.4, 0.5) is 0 Å². The molecule has 0 unspecified atom stereocenters. The highest BCUT2D eigenvalue weighted by atomic mass is 32.2. The maximum Gasteiger partial charge on any atom is 0.331 e. The van der Waals surface area contributed by atoms with E-state index in [1.165, 1.54) is 32.1 Å². The average Bonchev–Trinajstić information content (AvgIpc) is 2.15. The van der Waals surface area contributed by atoms with Crippen LogP contribution in [0.5, 0.6) is 0 Å². The zero-order chi connectivity index (χ0) is 9.68. The molecule has 0 bridgehead atoms. The summed E-state index contributed by atoms with van der Waals surface area (Å²) in [5.74, 6) is -0.275. The van der Waals surface area contributed by atoms with Gasteiger partial charge in [0.25, 0.3) is 0 Å². The fraction of sp³-hybridized carbons (Fsp3) is 0.700. The number of carbonyl (C=O) groups is 1. The van der Waals surface area contributed by atoms with Crippen LogP contribution in [-0.2, 0) is 4.79 Å². The van der Waals surface area contributed by atoms with E-state index in [-0.39, 0.29) is 0 Å². The first-order chi connectivity index (χ1) is 6.20. The van der Waals surface area contributed by atoms with Gasteiger partial charge in [0.05, 0.1) is 0 Å². The molecule has 1 rings (SSSR count). The number of hydrogen-bond acceptors (Lipinski definition) is 2. The van der Waals surface area contributed by atoms with Crippen LogP contribution in [-0.4, -0.2) is 22.1 Å². The Bertz CT molecular complexity index is 195. The Balaban J connectivity index is 2.17. The summed E-state index contributed by atoms with van der Waals surface area (Å²) in [5, 5.41) is 9.27. The Kier molecular flexibility index (Phi) is 4.36. The van der Waals surface area contributed by atoms with Gasteiger partial charge in [-0.1, -0.05) is 25.8 Å². The minimum Gasteiger partial charge on any atom is -0.478 e. The molecule has 0 heterocycles. The molecule has 1 N–H and O–H groups in total. The predicted octanol–water partition coefficient (Wildman–Crippen LogP) is 2.69. The summed E-state index contributed by atoms with van der Waals surface area (Å²) in [7, 11) is 0. The summed E-state index contributed by atoms with van der Waals surface area (Å²) in [4.78, 5) is 10.5. The van der Waals surface area contributed by atoms with Gasteiger partial charge in [-0.25, -0.2) is 4.79 Å². The van der Waals surface area contributed by atoms with Crippen molar-refractivity contribution < 1.29 is 9.90 Å². The maximum absolute atomic E-state index is 10.5. The lowest BCUT2D eigenvalue weighted by Gasteiger charge is -2.20. The van der Waals surface area contributed by atoms with E-state index in [1.807, 2.05) is 0 Å². The van der Waals surface area contributed by atoms with Gasteiger partial charge in [0, 0.05) is 16.6 Å². The number of thioether (sulfide) groups is 1. The van der Waals surface area contributed by atoms with E-state index in [0.717, 1.165) is 0 Å². The van der Waals surface area contributed by atoms with E-state index in [9.17, 15) is 4.79 Å². The molecule has 0 saturated heterocycles. The predicted molar refractivity (Wildman–Crippen MR) is 56.1 cm³/mol. The molecule has 0 aromatic carbocycles. The zero-order valence-electron chi connectivity index (χ0n) is 7.79. The van der Waals surface area contributed by atoms with Crippen LogP contribution in [0.25, 0.3) is 0 Å². The number of aliphatic carboxylic acids is 1. The lowest BCUT2D eigenvalue weighted by atomic mass is 10.0. The highest BCUT2D eigenvalue weighted by Gasteiger charge is 2.15. The molecule has 0 radical (unpaired) electrons. The average molecular weight is 200 g/mol. The minimum absolute atomic E-state index is 0.329. The SMILES string of the molecule is C=C(CSC1CCCCC1)C(=O)O. The molecule has 13 heavy (non-hydrogen) atoms. The quantitative estimate of drug-likeness (QED) is 0.709. The van der Waals surface area contributed by atoms with Crippen LogP contribution in [0.15, 0.2) is 12.2 Å². The Hall–Kier alpha value is -0.440. The van der Waals surface area contributed by atoms with Crippen LogP contribution in [0.3, 0.4) is 0 Å². The molecule has 0 spiro atoms. The summed E-state index contributed by atoms with van der Waals surface area (Å²) in [6, 6.07) is 0. The molecule has 1 aliphatic carbocycles. The highest BCUT2D eigenvalue weighted by Crippen LogP contribution is 2.28. The Labute approximate surface area is 83.4 Å². The lowest BCUT2D eigenvalue weighted by molar-refractivity contribution is -0.132. The van der Waals surface area contributed by atoms with Gasteiger partial charge in [-0.3, -0.25) is 0 Å². The molecule has 0 aliphatic heterocycles. The monoisotopic (exact) mass is 200 g/mol.